The summed E-state index contributed by atoms with van der Waals surface area (Å²) in [4.78, 5) is 21.1. The fraction of sp³-hybridized carbons (Fsp3) is 0. The Morgan fingerprint density at radius 1 is 1.42 bits per heavy atom. The first-order chi connectivity index (χ1) is 9.00. The molecule has 0 saturated carbocycles. The molecule has 1 N–H and O–H groups in total. The molecule has 0 aliphatic carbocycles. The van der Waals surface area contributed by atoms with Crippen molar-refractivity contribution in [1.82, 2.24) is 9.59 Å². The molecule has 1 aromatic carbocycles. The van der Waals surface area contributed by atoms with Crippen LogP contribution in [0.1, 0.15) is 10.4 Å². The molecule has 0 radical (unpaired) electrons. The third kappa shape index (κ3) is 2.52. The van der Waals surface area contributed by atoms with E-state index in [9.17, 15) is 23.7 Å². The summed E-state index contributed by atoms with van der Waals surface area (Å²) in [5.74, 6) is -3.87. The molecule has 0 fully saturated rings. The SMILES string of the molecule is O=C(Nc1cnns1)c1c(F)ccc([N+](=O)[O-])c1F. The van der Waals surface area contributed by atoms with Crippen LogP contribution >= 0.6 is 11.5 Å². The van der Waals surface area contributed by atoms with Crippen LogP contribution in [0, 0.1) is 21.7 Å². The summed E-state index contributed by atoms with van der Waals surface area (Å²) >= 11 is 0.796. The number of rotatable bonds is 3. The lowest BCUT2D eigenvalue weighted by atomic mass is 10.1. The van der Waals surface area contributed by atoms with Gasteiger partial charge >= 0.3 is 5.69 Å². The van der Waals surface area contributed by atoms with E-state index in [4.69, 9.17) is 0 Å². The van der Waals surface area contributed by atoms with E-state index in [2.05, 4.69) is 14.9 Å². The minimum atomic E-state index is -1.53. The van der Waals surface area contributed by atoms with Gasteiger partial charge in [0, 0.05) is 17.6 Å². The second-order valence-corrected chi connectivity index (χ2v) is 4.03. The number of aromatic nitrogens is 2. The molecular weight excluding hydrogens is 282 g/mol. The highest BCUT2D eigenvalue weighted by Gasteiger charge is 2.26. The average Bonchev–Trinajstić information content (AvgIpc) is 2.81. The van der Waals surface area contributed by atoms with Gasteiger partial charge in [-0.3, -0.25) is 14.9 Å². The number of hydrogen-bond acceptors (Lipinski definition) is 6. The summed E-state index contributed by atoms with van der Waals surface area (Å²) in [7, 11) is 0. The second kappa shape index (κ2) is 5.02. The maximum absolute atomic E-state index is 13.7. The Labute approximate surface area is 108 Å². The zero-order chi connectivity index (χ0) is 14.0. The molecule has 98 valence electrons. The van der Waals surface area contributed by atoms with Crippen LogP contribution in [0.3, 0.4) is 0 Å². The summed E-state index contributed by atoms with van der Waals surface area (Å²) in [5.41, 5.74) is -2.00. The molecule has 1 heterocycles. The van der Waals surface area contributed by atoms with Crippen molar-refractivity contribution in [1.29, 1.82) is 0 Å². The van der Waals surface area contributed by atoms with Crippen LogP contribution in [0.4, 0.5) is 19.5 Å². The zero-order valence-corrected chi connectivity index (χ0v) is 9.78. The standard InChI is InChI=1S/C9H4F2N4O3S/c10-4-1-2-5(15(17)18)8(11)7(4)9(16)13-6-3-12-14-19-6/h1-3H,(H,13,16). The van der Waals surface area contributed by atoms with Crippen molar-refractivity contribution in [3.8, 4) is 0 Å². The normalized spacial score (nSPS) is 10.2. The highest BCUT2D eigenvalue weighted by Crippen LogP contribution is 2.24. The Hall–Kier alpha value is -2.49. The van der Waals surface area contributed by atoms with Gasteiger partial charge in [-0.25, -0.2) is 4.39 Å². The van der Waals surface area contributed by atoms with E-state index in [0.717, 1.165) is 11.5 Å². The van der Waals surface area contributed by atoms with Gasteiger partial charge in [0.15, 0.2) is 0 Å². The molecule has 0 unspecified atom stereocenters. The molecule has 0 atom stereocenters. The number of benzene rings is 1. The number of nitrogens with one attached hydrogen (secondary N) is 1. The van der Waals surface area contributed by atoms with E-state index >= 15 is 0 Å². The number of nitro groups is 1. The highest BCUT2D eigenvalue weighted by atomic mass is 32.1. The van der Waals surface area contributed by atoms with Crippen LogP contribution in [0.2, 0.25) is 0 Å². The number of carbonyl (C=O) groups is 1. The Morgan fingerprint density at radius 2 is 2.16 bits per heavy atom. The third-order valence-electron chi connectivity index (χ3n) is 2.09. The predicted molar refractivity (Wildman–Crippen MR) is 60.9 cm³/mol. The van der Waals surface area contributed by atoms with Crippen LogP contribution in [0.25, 0.3) is 0 Å². The Kier molecular flexibility index (Phi) is 3.42. The van der Waals surface area contributed by atoms with Crippen molar-refractivity contribution in [2.75, 3.05) is 5.32 Å². The third-order valence-corrected chi connectivity index (χ3v) is 2.67. The molecule has 10 heteroatoms. The van der Waals surface area contributed by atoms with Gasteiger partial charge in [0.1, 0.15) is 16.4 Å². The molecular formula is C9H4F2N4O3S. The van der Waals surface area contributed by atoms with Crippen molar-refractivity contribution in [3.63, 3.8) is 0 Å². The molecule has 0 bridgehead atoms. The first kappa shape index (κ1) is 13.0. The van der Waals surface area contributed by atoms with E-state index in [1.54, 1.807) is 0 Å². The van der Waals surface area contributed by atoms with Gasteiger partial charge in [0.05, 0.1) is 11.1 Å². The van der Waals surface area contributed by atoms with Gasteiger partial charge in [-0.15, -0.1) is 5.10 Å². The second-order valence-electron chi connectivity index (χ2n) is 3.25. The molecule has 0 saturated heterocycles. The van der Waals surface area contributed by atoms with E-state index in [1.807, 2.05) is 0 Å². The number of anilines is 1. The molecule has 2 rings (SSSR count). The maximum Gasteiger partial charge on any atom is 0.305 e. The molecule has 7 nitrogen and oxygen atoms in total. The summed E-state index contributed by atoms with van der Waals surface area (Å²) in [6, 6.07) is 1.30. The summed E-state index contributed by atoms with van der Waals surface area (Å²) in [6.45, 7) is 0. The van der Waals surface area contributed by atoms with Gasteiger partial charge in [-0.2, -0.15) is 4.39 Å². The number of halogens is 2. The molecule has 0 aliphatic rings. The summed E-state index contributed by atoms with van der Waals surface area (Å²) in [6.07, 6.45) is 1.18. The predicted octanol–water partition coefficient (Wildman–Crippen LogP) is 1.98. The molecule has 1 amide bonds. The lowest BCUT2D eigenvalue weighted by Gasteiger charge is -2.04. The van der Waals surface area contributed by atoms with Crippen molar-refractivity contribution >= 4 is 28.1 Å². The first-order valence-corrected chi connectivity index (χ1v) is 5.49. The van der Waals surface area contributed by atoms with E-state index in [1.165, 1.54) is 6.20 Å². The quantitative estimate of drug-likeness (QED) is 0.687. The fourth-order valence-electron chi connectivity index (χ4n) is 1.29. The number of hydrogen-bond donors (Lipinski definition) is 1. The Balaban J connectivity index is 2.41. The van der Waals surface area contributed by atoms with Gasteiger partial charge in [-0.05, 0) is 6.07 Å². The smallest absolute Gasteiger partial charge is 0.305 e. The maximum atomic E-state index is 13.7. The van der Waals surface area contributed by atoms with Crippen molar-refractivity contribution in [2.24, 2.45) is 0 Å². The monoisotopic (exact) mass is 286 g/mol. The average molecular weight is 286 g/mol. The lowest BCUT2D eigenvalue weighted by molar-refractivity contribution is -0.387. The topological polar surface area (TPSA) is 98.0 Å². The van der Waals surface area contributed by atoms with E-state index in [0.29, 0.717) is 12.1 Å². The Bertz CT molecular complexity index is 647. The summed E-state index contributed by atoms with van der Waals surface area (Å²) < 4.78 is 30.6. The highest BCUT2D eigenvalue weighted by molar-refractivity contribution is 7.10. The summed E-state index contributed by atoms with van der Waals surface area (Å²) in [5, 5.41) is 16.2. The van der Waals surface area contributed by atoms with Crippen molar-refractivity contribution in [3.05, 3.63) is 45.6 Å². The first-order valence-electron chi connectivity index (χ1n) is 4.72. The Morgan fingerprint density at radius 3 is 2.74 bits per heavy atom. The number of carbonyl (C=O) groups excluding carboxylic acids is 1. The van der Waals surface area contributed by atoms with Gasteiger partial charge in [-0.1, -0.05) is 4.49 Å². The van der Waals surface area contributed by atoms with Crippen molar-refractivity contribution in [2.45, 2.75) is 0 Å². The van der Waals surface area contributed by atoms with Crippen LogP contribution in [0.5, 0.6) is 0 Å². The lowest BCUT2D eigenvalue weighted by Crippen LogP contribution is -2.16. The van der Waals surface area contributed by atoms with Crippen LogP contribution in [0.15, 0.2) is 18.3 Å². The van der Waals surface area contributed by atoms with Crippen LogP contribution in [-0.2, 0) is 0 Å². The van der Waals surface area contributed by atoms with Crippen LogP contribution in [-0.4, -0.2) is 20.4 Å². The molecule has 19 heavy (non-hydrogen) atoms. The number of nitrogens with zero attached hydrogens (tertiary/aromatic N) is 3. The minimum Gasteiger partial charge on any atom is -0.311 e. The number of amides is 1. The van der Waals surface area contributed by atoms with Gasteiger partial charge in [0.2, 0.25) is 5.82 Å². The molecule has 0 aliphatic heterocycles. The molecule has 1 aromatic heterocycles. The van der Waals surface area contributed by atoms with Crippen LogP contribution < -0.4 is 5.32 Å². The number of nitro benzene ring substituents is 1. The van der Waals surface area contributed by atoms with Gasteiger partial charge < -0.3 is 5.32 Å². The van der Waals surface area contributed by atoms with Crippen molar-refractivity contribution < 1.29 is 18.5 Å². The zero-order valence-electron chi connectivity index (χ0n) is 8.96. The molecule has 2 aromatic rings. The molecule has 0 spiro atoms. The minimum absolute atomic E-state index is 0.162. The van der Waals surface area contributed by atoms with E-state index < -0.39 is 33.7 Å². The van der Waals surface area contributed by atoms with Gasteiger partial charge in [0.25, 0.3) is 5.91 Å². The fourth-order valence-corrected chi connectivity index (χ4v) is 1.70. The van der Waals surface area contributed by atoms with E-state index in [-0.39, 0.29) is 5.00 Å². The largest absolute Gasteiger partial charge is 0.311 e.